The van der Waals surface area contributed by atoms with Crippen LogP contribution in [0.4, 0.5) is 5.69 Å². The first kappa shape index (κ1) is 14.8. The molecule has 0 saturated carbocycles. The zero-order valence-corrected chi connectivity index (χ0v) is 13.9. The number of benzene rings is 1. The largest absolute Gasteiger partial charge is 0.368 e. The van der Waals surface area contributed by atoms with E-state index in [1.165, 1.54) is 11.3 Å². The standard InChI is InChI=1S/C15H24BrN3/c1-15(2)11-19(8-7-18(15)4)14-6-5-13(16)9-12(14)10-17-3/h5-6,9,17H,7-8,10-11H2,1-4H3. The van der Waals surface area contributed by atoms with Gasteiger partial charge in [-0.1, -0.05) is 15.9 Å². The summed E-state index contributed by atoms with van der Waals surface area (Å²) in [7, 11) is 4.21. The van der Waals surface area contributed by atoms with Crippen LogP contribution < -0.4 is 10.2 Å². The zero-order valence-electron chi connectivity index (χ0n) is 12.3. The number of rotatable bonds is 3. The van der Waals surface area contributed by atoms with Gasteiger partial charge in [0.15, 0.2) is 0 Å². The van der Waals surface area contributed by atoms with Crippen LogP contribution in [0.25, 0.3) is 0 Å². The van der Waals surface area contributed by atoms with Gasteiger partial charge < -0.3 is 10.2 Å². The first-order valence-electron chi connectivity index (χ1n) is 6.83. The van der Waals surface area contributed by atoms with Gasteiger partial charge in [-0.2, -0.15) is 0 Å². The van der Waals surface area contributed by atoms with Crippen molar-refractivity contribution in [3.05, 3.63) is 28.2 Å². The molecule has 0 amide bonds. The second-order valence-electron chi connectivity index (χ2n) is 5.96. The Kier molecular flexibility index (Phi) is 4.54. The predicted molar refractivity (Wildman–Crippen MR) is 85.8 cm³/mol. The molecule has 1 heterocycles. The van der Waals surface area contributed by atoms with Gasteiger partial charge in [-0.15, -0.1) is 0 Å². The van der Waals surface area contributed by atoms with E-state index in [9.17, 15) is 0 Å². The highest BCUT2D eigenvalue weighted by atomic mass is 79.9. The highest BCUT2D eigenvalue weighted by Crippen LogP contribution is 2.29. The molecule has 0 aromatic heterocycles. The molecule has 0 atom stereocenters. The Balaban J connectivity index is 2.26. The maximum Gasteiger partial charge on any atom is 0.0413 e. The second kappa shape index (κ2) is 5.81. The lowest BCUT2D eigenvalue weighted by Gasteiger charge is -2.46. The molecule has 0 radical (unpaired) electrons. The van der Waals surface area contributed by atoms with Crippen LogP contribution in [0.15, 0.2) is 22.7 Å². The molecule has 1 aliphatic heterocycles. The second-order valence-corrected chi connectivity index (χ2v) is 6.87. The minimum Gasteiger partial charge on any atom is -0.368 e. The van der Waals surface area contributed by atoms with Gasteiger partial charge in [-0.3, -0.25) is 4.90 Å². The summed E-state index contributed by atoms with van der Waals surface area (Å²) < 4.78 is 1.15. The summed E-state index contributed by atoms with van der Waals surface area (Å²) in [6.45, 7) is 8.81. The van der Waals surface area contributed by atoms with Crippen LogP contribution in [0.3, 0.4) is 0 Å². The number of hydrogen-bond donors (Lipinski definition) is 1. The van der Waals surface area contributed by atoms with Crippen molar-refractivity contribution in [1.82, 2.24) is 10.2 Å². The third kappa shape index (κ3) is 3.30. The number of hydrogen-bond acceptors (Lipinski definition) is 3. The number of nitrogens with one attached hydrogen (secondary N) is 1. The van der Waals surface area contributed by atoms with Crippen LogP contribution in [-0.2, 0) is 6.54 Å². The lowest BCUT2D eigenvalue weighted by Crippen LogP contribution is -2.57. The molecule has 1 N–H and O–H groups in total. The number of anilines is 1. The summed E-state index contributed by atoms with van der Waals surface area (Å²) in [5, 5.41) is 3.26. The summed E-state index contributed by atoms with van der Waals surface area (Å²) in [4.78, 5) is 4.96. The minimum absolute atomic E-state index is 0.224. The molecule has 3 nitrogen and oxygen atoms in total. The molecule has 1 aromatic carbocycles. The van der Waals surface area contributed by atoms with E-state index in [1.54, 1.807) is 0 Å². The number of halogens is 1. The maximum absolute atomic E-state index is 3.57. The van der Waals surface area contributed by atoms with Crippen LogP contribution in [-0.4, -0.2) is 44.2 Å². The van der Waals surface area contributed by atoms with E-state index in [4.69, 9.17) is 0 Å². The Morgan fingerprint density at radius 2 is 2.05 bits per heavy atom. The SMILES string of the molecule is CNCc1cc(Br)ccc1N1CCN(C)C(C)(C)C1. The topological polar surface area (TPSA) is 18.5 Å². The molecule has 19 heavy (non-hydrogen) atoms. The molecule has 0 aliphatic carbocycles. The van der Waals surface area contributed by atoms with Gasteiger partial charge in [-0.25, -0.2) is 0 Å². The lowest BCUT2D eigenvalue weighted by atomic mass is 9.98. The fourth-order valence-corrected chi connectivity index (χ4v) is 3.05. The quantitative estimate of drug-likeness (QED) is 0.921. The highest BCUT2D eigenvalue weighted by molar-refractivity contribution is 9.10. The van der Waals surface area contributed by atoms with Crippen molar-refractivity contribution in [3.63, 3.8) is 0 Å². The Morgan fingerprint density at radius 3 is 2.68 bits per heavy atom. The fraction of sp³-hybridized carbons (Fsp3) is 0.600. The van der Waals surface area contributed by atoms with E-state index in [0.29, 0.717) is 0 Å². The Hall–Kier alpha value is -0.580. The molecular formula is C15H24BrN3. The minimum atomic E-state index is 0.224. The molecule has 4 heteroatoms. The average Bonchev–Trinajstić information content (AvgIpc) is 2.33. The van der Waals surface area contributed by atoms with Gasteiger partial charge >= 0.3 is 0 Å². The summed E-state index contributed by atoms with van der Waals surface area (Å²) in [6, 6.07) is 6.59. The number of piperazine rings is 1. The Labute approximate surface area is 125 Å². The van der Waals surface area contributed by atoms with Crippen LogP contribution in [0, 0.1) is 0 Å². The molecule has 106 valence electrons. The molecule has 1 aromatic rings. The monoisotopic (exact) mass is 325 g/mol. The molecule has 1 saturated heterocycles. The van der Waals surface area contributed by atoms with Gasteiger partial charge in [0.25, 0.3) is 0 Å². The van der Waals surface area contributed by atoms with Crippen LogP contribution in [0.5, 0.6) is 0 Å². The maximum atomic E-state index is 3.57. The van der Waals surface area contributed by atoms with Crippen molar-refractivity contribution in [1.29, 1.82) is 0 Å². The zero-order chi connectivity index (χ0) is 14.0. The van der Waals surface area contributed by atoms with E-state index in [2.05, 4.69) is 70.1 Å². The summed E-state index contributed by atoms with van der Waals surface area (Å²) in [6.07, 6.45) is 0. The van der Waals surface area contributed by atoms with E-state index in [1.807, 2.05) is 7.05 Å². The predicted octanol–water partition coefficient (Wildman–Crippen LogP) is 2.70. The van der Waals surface area contributed by atoms with Gasteiger partial charge in [0.05, 0.1) is 0 Å². The molecule has 1 aliphatic rings. The molecule has 2 rings (SSSR count). The van der Waals surface area contributed by atoms with Crippen molar-refractivity contribution in [3.8, 4) is 0 Å². The van der Waals surface area contributed by atoms with Gasteiger partial charge in [0.1, 0.15) is 0 Å². The first-order valence-corrected chi connectivity index (χ1v) is 7.62. The number of nitrogens with zero attached hydrogens (tertiary/aromatic N) is 2. The van der Waals surface area contributed by atoms with E-state index in [-0.39, 0.29) is 5.54 Å². The summed E-state index contributed by atoms with van der Waals surface area (Å²) >= 11 is 3.57. The summed E-state index contributed by atoms with van der Waals surface area (Å²) in [5.74, 6) is 0. The Bertz CT molecular complexity index is 445. The van der Waals surface area contributed by atoms with Crippen LogP contribution >= 0.6 is 15.9 Å². The number of likely N-dealkylation sites (N-methyl/N-ethyl adjacent to an activating group) is 1. The van der Waals surface area contributed by atoms with Crippen molar-refractivity contribution in [2.75, 3.05) is 38.6 Å². The first-order chi connectivity index (χ1) is 8.94. The fourth-order valence-electron chi connectivity index (χ4n) is 2.64. The molecule has 0 unspecified atom stereocenters. The average molecular weight is 326 g/mol. The van der Waals surface area contributed by atoms with E-state index < -0.39 is 0 Å². The third-order valence-electron chi connectivity index (χ3n) is 4.07. The van der Waals surface area contributed by atoms with Crippen molar-refractivity contribution < 1.29 is 0 Å². The lowest BCUT2D eigenvalue weighted by molar-refractivity contribution is 0.139. The molecule has 0 spiro atoms. The van der Waals surface area contributed by atoms with Crippen molar-refractivity contribution >= 4 is 21.6 Å². The van der Waals surface area contributed by atoms with Crippen molar-refractivity contribution in [2.45, 2.75) is 25.9 Å². The molecular weight excluding hydrogens is 302 g/mol. The third-order valence-corrected chi connectivity index (χ3v) is 4.56. The van der Waals surface area contributed by atoms with E-state index >= 15 is 0 Å². The van der Waals surface area contributed by atoms with Gasteiger partial charge in [0.2, 0.25) is 0 Å². The van der Waals surface area contributed by atoms with Gasteiger partial charge in [-0.05, 0) is 51.7 Å². The van der Waals surface area contributed by atoms with Crippen LogP contribution in [0.1, 0.15) is 19.4 Å². The normalized spacial score (nSPS) is 19.7. The molecule has 1 fully saturated rings. The molecule has 0 bridgehead atoms. The Morgan fingerprint density at radius 1 is 1.32 bits per heavy atom. The van der Waals surface area contributed by atoms with Gasteiger partial charge in [0, 0.05) is 41.9 Å². The smallest absolute Gasteiger partial charge is 0.0413 e. The van der Waals surface area contributed by atoms with Crippen molar-refractivity contribution in [2.24, 2.45) is 0 Å². The highest BCUT2D eigenvalue weighted by Gasteiger charge is 2.31. The van der Waals surface area contributed by atoms with Crippen LogP contribution in [0.2, 0.25) is 0 Å². The summed E-state index contributed by atoms with van der Waals surface area (Å²) in [5.41, 5.74) is 2.94. The van der Waals surface area contributed by atoms with E-state index in [0.717, 1.165) is 30.7 Å².